The number of rotatable bonds is 9. The lowest BCUT2D eigenvalue weighted by molar-refractivity contribution is -0.140. The molecule has 2 aliphatic carbocycles. The van der Waals surface area contributed by atoms with E-state index in [1.165, 1.54) is 6.07 Å². The number of hydrogen-bond acceptors (Lipinski definition) is 5. The van der Waals surface area contributed by atoms with Gasteiger partial charge in [-0.1, -0.05) is 12.5 Å². The van der Waals surface area contributed by atoms with Gasteiger partial charge in [0.25, 0.3) is 0 Å². The third kappa shape index (κ3) is 6.37. The number of nitrogens with zero attached hydrogens (tertiary/aromatic N) is 1. The Morgan fingerprint density at radius 3 is 2.58 bits per heavy atom. The molecule has 4 rings (SSSR count). The van der Waals surface area contributed by atoms with E-state index >= 15 is 0 Å². The molecule has 7 nitrogen and oxygen atoms in total. The van der Waals surface area contributed by atoms with Crippen molar-refractivity contribution in [2.75, 3.05) is 13.1 Å². The summed E-state index contributed by atoms with van der Waals surface area (Å²) < 4.78 is 61.4. The molecule has 0 bridgehead atoms. The number of carboxylic acids is 1. The Hall–Kier alpha value is -1.78. The van der Waals surface area contributed by atoms with Crippen molar-refractivity contribution in [2.24, 2.45) is 5.92 Å². The highest BCUT2D eigenvalue weighted by molar-refractivity contribution is 7.89. The Morgan fingerprint density at radius 1 is 1.14 bits per heavy atom. The van der Waals surface area contributed by atoms with Gasteiger partial charge in [0.15, 0.2) is 0 Å². The number of hydrogen-bond donors (Lipinski definition) is 2. The summed E-state index contributed by atoms with van der Waals surface area (Å²) in [6.45, 7) is 2.76. The number of aryl methyl sites for hydroxylation is 1. The van der Waals surface area contributed by atoms with E-state index in [2.05, 4.69) is 5.32 Å². The molecule has 0 radical (unpaired) electrons. The quantitative estimate of drug-likeness (QED) is 0.481. The second-order valence-electron chi connectivity index (χ2n) is 10.6. The van der Waals surface area contributed by atoms with Crippen LogP contribution in [0.4, 0.5) is 8.78 Å². The molecule has 3 atom stereocenters. The fourth-order valence-electron chi connectivity index (χ4n) is 5.86. The van der Waals surface area contributed by atoms with Crippen molar-refractivity contribution in [1.29, 1.82) is 0 Å². The van der Waals surface area contributed by atoms with Gasteiger partial charge < -0.3 is 15.2 Å². The average molecular weight is 529 g/mol. The van der Waals surface area contributed by atoms with Gasteiger partial charge in [0, 0.05) is 25.4 Å². The second kappa shape index (κ2) is 11.3. The van der Waals surface area contributed by atoms with E-state index in [1.54, 1.807) is 12.1 Å². The summed E-state index contributed by atoms with van der Waals surface area (Å²) in [7, 11) is -4.04. The molecule has 0 spiro atoms. The predicted molar refractivity (Wildman–Crippen MR) is 132 cm³/mol. The molecule has 1 heterocycles. The van der Waals surface area contributed by atoms with Gasteiger partial charge in [-0.25, -0.2) is 17.2 Å². The number of ether oxygens (including phenoxy) is 1. The topological polar surface area (TPSA) is 95.9 Å². The van der Waals surface area contributed by atoms with Crippen LogP contribution in [-0.2, 0) is 14.8 Å². The smallest absolute Gasteiger partial charge is 0.322 e. The summed E-state index contributed by atoms with van der Waals surface area (Å²) in [5.74, 6) is -3.16. The highest BCUT2D eigenvalue weighted by atomic mass is 32.2. The van der Waals surface area contributed by atoms with Crippen LogP contribution in [0, 0.1) is 12.8 Å². The van der Waals surface area contributed by atoms with E-state index < -0.39 is 28.0 Å². The van der Waals surface area contributed by atoms with Gasteiger partial charge in [-0.05, 0) is 88.4 Å². The van der Waals surface area contributed by atoms with Crippen LogP contribution >= 0.6 is 0 Å². The summed E-state index contributed by atoms with van der Waals surface area (Å²) in [5, 5.41) is 13.0. The molecule has 0 unspecified atom stereocenters. The minimum atomic E-state index is -4.04. The van der Waals surface area contributed by atoms with Crippen molar-refractivity contribution < 1.29 is 31.8 Å². The van der Waals surface area contributed by atoms with E-state index in [9.17, 15) is 27.1 Å². The zero-order valence-electron chi connectivity index (χ0n) is 20.9. The highest BCUT2D eigenvalue weighted by Gasteiger charge is 2.41. The number of alkyl halides is 2. The molecule has 36 heavy (non-hydrogen) atoms. The molecule has 2 saturated carbocycles. The van der Waals surface area contributed by atoms with Crippen LogP contribution in [-0.4, -0.2) is 61.0 Å². The molecule has 1 aromatic rings. The highest BCUT2D eigenvalue weighted by Crippen LogP contribution is 2.37. The van der Waals surface area contributed by atoms with Gasteiger partial charge in [-0.2, -0.15) is 4.31 Å². The van der Waals surface area contributed by atoms with E-state index in [-0.39, 0.29) is 48.1 Å². The first kappa shape index (κ1) is 27.3. The lowest BCUT2D eigenvalue weighted by atomic mass is 9.84. The zero-order valence-corrected chi connectivity index (χ0v) is 21.7. The van der Waals surface area contributed by atoms with E-state index in [0.29, 0.717) is 32.2 Å². The van der Waals surface area contributed by atoms with Crippen LogP contribution < -0.4 is 10.1 Å². The average Bonchev–Trinajstić information content (AvgIpc) is 3.33. The Kier molecular flexibility index (Phi) is 8.56. The Morgan fingerprint density at radius 2 is 1.86 bits per heavy atom. The minimum Gasteiger partial charge on any atom is -0.489 e. The monoisotopic (exact) mass is 528 g/mol. The standard InChI is InChI=1S/C26H38F2N2O5S/c1-18-8-9-24(36(33,34)30-16-4-6-21(30)25(31)32)23(17-18)35-22-7-3-2-5-19(22)12-15-29-20-10-13-26(27,28)14-11-20/h8-9,17,19-22,29H,2-7,10-16H2,1H3,(H,31,32)/t19-,21-,22-/m0/s1. The van der Waals surface area contributed by atoms with E-state index in [1.807, 2.05) is 6.92 Å². The fourth-order valence-corrected chi connectivity index (χ4v) is 7.61. The van der Waals surface area contributed by atoms with Crippen LogP contribution in [0.1, 0.15) is 76.2 Å². The number of benzene rings is 1. The first-order valence-corrected chi connectivity index (χ1v) is 14.6. The molecule has 3 fully saturated rings. The third-order valence-electron chi connectivity index (χ3n) is 7.96. The van der Waals surface area contributed by atoms with Crippen LogP contribution in [0.25, 0.3) is 0 Å². The maximum atomic E-state index is 13.5. The zero-order chi connectivity index (χ0) is 25.9. The largest absolute Gasteiger partial charge is 0.489 e. The molecule has 0 amide bonds. The van der Waals surface area contributed by atoms with Gasteiger partial charge in [-0.3, -0.25) is 4.79 Å². The van der Waals surface area contributed by atoms with Crippen molar-refractivity contribution in [3.63, 3.8) is 0 Å². The molecular weight excluding hydrogens is 490 g/mol. The van der Waals surface area contributed by atoms with Crippen molar-refractivity contribution >= 4 is 16.0 Å². The van der Waals surface area contributed by atoms with Gasteiger partial charge in [0.1, 0.15) is 22.8 Å². The Bertz CT molecular complexity index is 1030. The summed E-state index contributed by atoms with van der Waals surface area (Å²) in [4.78, 5) is 11.7. The summed E-state index contributed by atoms with van der Waals surface area (Å²) in [5.41, 5.74) is 0.864. The Balaban J connectivity index is 1.44. The number of sulfonamides is 1. The van der Waals surface area contributed by atoms with Crippen molar-refractivity contribution in [1.82, 2.24) is 9.62 Å². The molecule has 1 saturated heterocycles. The van der Waals surface area contributed by atoms with Gasteiger partial charge in [-0.15, -0.1) is 0 Å². The summed E-state index contributed by atoms with van der Waals surface area (Å²) in [6.07, 6.45) is 6.17. The number of nitrogens with one attached hydrogen (secondary N) is 1. The maximum absolute atomic E-state index is 13.5. The number of carbonyl (C=O) groups is 1. The van der Waals surface area contributed by atoms with Crippen molar-refractivity contribution in [2.45, 2.75) is 107 Å². The van der Waals surface area contributed by atoms with Crippen LogP contribution in [0.15, 0.2) is 23.1 Å². The molecule has 1 aromatic carbocycles. The molecular formula is C26H38F2N2O5S. The lowest BCUT2D eigenvalue weighted by Crippen LogP contribution is -2.41. The number of carboxylic acid groups (broad SMARTS) is 1. The molecule has 202 valence electrons. The van der Waals surface area contributed by atoms with Crippen molar-refractivity contribution in [3.8, 4) is 5.75 Å². The SMILES string of the molecule is Cc1ccc(S(=O)(=O)N2CCC[C@H]2C(=O)O)c(O[C@H]2CCCC[C@H]2CCNC2CCC(F)(F)CC2)c1. The fraction of sp³-hybridized carbons (Fsp3) is 0.731. The van der Waals surface area contributed by atoms with E-state index in [4.69, 9.17) is 4.74 Å². The maximum Gasteiger partial charge on any atom is 0.322 e. The second-order valence-corrected chi connectivity index (χ2v) is 12.5. The third-order valence-corrected chi connectivity index (χ3v) is 9.91. The van der Waals surface area contributed by atoms with Gasteiger partial charge in [0.2, 0.25) is 15.9 Å². The number of halogens is 2. The predicted octanol–water partition coefficient (Wildman–Crippen LogP) is 4.73. The van der Waals surface area contributed by atoms with Crippen LogP contribution in [0.3, 0.4) is 0 Å². The summed E-state index contributed by atoms with van der Waals surface area (Å²) >= 11 is 0. The van der Waals surface area contributed by atoms with Gasteiger partial charge in [0.05, 0.1) is 0 Å². The first-order chi connectivity index (χ1) is 17.1. The summed E-state index contributed by atoms with van der Waals surface area (Å²) in [6, 6.07) is 4.02. The molecule has 3 aliphatic rings. The molecule has 2 N–H and O–H groups in total. The minimum absolute atomic E-state index is 0.0202. The molecule has 0 aromatic heterocycles. The van der Waals surface area contributed by atoms with Crippen LogP contribution in [0.2, 0.25) is 0 Å². The normalized spacial score (nSPS) is 27.7. The van der Waals surface area contributed by atoms with E-state index in [0.717, 1.165) is 42.0 Å². The van der Waals surface area contributed by atoms with Crippen LogP contribution in [0.5, 0.6) is 5.75 Å². The van der Waals surface area contributed by atoms with Gasteiger partial charge >= 0.3 is 5.97 Å². The lowest BCUT2D eigenvalue weighted by Gasteiger charge is -2.34. The molecule has 10 heteroatoms. The number of aliphatic carboxylic acids is 1. The van der Waals surface area contributed by atoms with Crippen molar-refractivity contribution in [3.05, 3.63) is 23.8 Å². The Labute approximate surface area is 212 Å². The molecule has 1 aliphatic heterocycles. The first-order valence-electron chi connectivity index (χ1n) is 13.2.